The van der Waals surface area contributed by atoms with Crippen LogP contribution in [-0.2, 0) is 54.2 Å². The van der Waals surface area contributed by atoms with Crippen molar-refractivity contribution in [1.29, 1.82) is 0 Å². The molecule has 49 heavy (non-hydrogen) atoms. The van der Waals surface area contributed by atoms with Crippen LogP contribution in [0.25, 0.3) is 22.3 Å². The van der Waals surface area contributed by atoms with Gasteiger partial charge in [-0.3, -0.25) is 9.59 Å². The lowest BCUT2D eigenvalue weighted by molar-refractivity contribution is -0.238. The smallest absolute Gasteiger partial charge is 0.355 e. The number of hydroxylamine groups is 2. The van der Waals surface area contributed by atoms with Gasteiger partial charge in [-0.15, -0.1) is 10.3 Å². The summed E-state index contributed by atoms with van der Waals surface area (Å²) in [5.74, 6) is -2.29. The number of ether oxygens (including phenoxy) is 2. The van der Waals surface area contributed by atoms with E-state index in [4.69, 9.17) is 14.5 Å². The number of carbonyl (C=O) groups is 3. The van der Waals surface area contributed by atoms with Gasteiger partial charge in [-0.25, -0.2) is 14.6 Å². The summed E-state index contributed by atoms with van der Waals surface area (Å²) in [6.07, 6.45) is 1.61. The maximum atomic E-state index is 14.3. The number of benzene rings is 2. The van der Waals surface area contributed by atoms with E-state index in [1.54, 1.807) is 51.3 Å². The molecule has 7 rings (SSSR count). The van der Waals surface area contributed by atoms with Crippen molar-refractivity contribution in [2.45, 2.75) is 83.3 Å². The quantitative estimate of drug-likeness (QED) is 0.252. The second kappa shape index (κ2) is 11.5. The molecule has 11 heteroatoms. The molecule has 2 aromatic carbocycles. The van der Waals surface area contributed by atoms with Gasteiger partial charge in [0.15, 0.2) is 0 Å². The number of nitrogens with one attached hydrogen (secondary N) is 1. The number of esters is 2. The molecule has 5 heterocycles. The van der Waals surface area contributed by atoms with Crippen LogP contribution in [0.3, 0.4) is 0 Å². The molecule has 1 amide bonds. The molecule has 0 fully saturated rings. The molecule has 0 bridgehead atoms. The second-order valence-electron chi connectivity index (χ2n) is 14.0. The van der Waals surface area contributed by atoms with Gasteiger partial charge in [0.1, 0.15) is 12.6 Å². The lowest BCUT2D eigenvalue weighted by Gasteiger charge is -2.37. The minimum atomic E-state index is -1.96. The number of fused-ring (bicyclic) bond motifs is 5. The lowest BCUT2D eigenvalue weighted by Crippen LogP contribution is -2.53. The predicted molar refractivity (Wildman–Crippen MR) is 179 cm³/mol. The summed E-state index contributed by atoms with van der Waals surface area (Å²) >= 11 is 0. The van der Waals surface area contributed by atoms with Crippen molar-refractivity contribution >= 4 is 28.7 Å². The van der Waals surface area contributed by atoms with Crippen molar-refractivity contribution in [3.05, 3.63) is 111 Å². The highest BCUT2D eigenvalue weighted by Gasteiger charge is 2.52. The third kappa shape index (κ3) is 5.15. The predicted octanol–water partition coefficient (Wildman–Crippen LogP) is 4.50. The van der Waals surface area contributed by atoms with Crippen LogP contribution in [0.5, 0.6) is 0 Å². The van der Waals surface area contributed by atoms with Crippen molar-refractivity contribution in [3.63, 3.8) is 0 Å². The number of para-hydroxylation sites is 1. The Hall–Kier alpha value is -5.13. The largest absolute Gasteiger partial charge is 0.457 e. The number of pyridine rings is 2. The molecular formula is C38H37N4O7. The summed E-state index contributed by atoms with van der Waals surface area (Å²) in [7, 11) is 0. The minimum absolute atomic E-state index is 0.0327. The van der Waals surface area contributed by atoms with Crippen molar-refractivity contribution < 1.29 is 29.1 Å². The minimum Gasteiger partial charge on any atom is -0.457 e. The van der Waals surface area contributed by atoms with Gasteiger partial charge in [0.2, 0.25) is 11.5 Å². The number of hydrogen-bond donors (Lipinski definition) is 1. The summed E-state index contributed by atoms with van der Waals surface area (Å²) in [6, 6.07) is 19.2. The van der Waals surface area contributed by atoms with E-state index >= 15 is 0 Å². The SMILES string of the molecule is CC[C@@]1(OC(=O)[C@H](Cc2ccccc2)NC(=O)C2=CC(C)(C)N([O])C2(C)C)C(=O)OCc2c1cc1n(c2=O)Cc2cc3ccccc3nc2-1. The fourth-order valence-corrected chi connectivity index (χ4v) is 7.37. The lowest BCUT2D eigenvalue weighted by atomic mass is 9.85. The molecule has 11 nitrogen and oxygen atoms in total. The van der Waals surface area contributed by atoms with E-state index in [1.807, 2.05) is 60.7 Å². The molecule has 4 aromatic rings. The number of cyclic esters (lactones) is 1. The van der Waals surface area contributed by atoms with Gasteiger partial charge in [-0.05, 0) is 57.9 Å². The molecule has 251 valence electrons. The van der Waals surface area contributed by atoms with Gasteiger partial charge >= 0.3 is 11.9 Å². The maximum absolute atomic E-state index is 14.3. The molecular weight excluding hydrogens is 624 g/mol. The number of amides is 1. The molecule has 1 N–H and O–H groups in total. The van der Waals surface area contributed by atoms with Gasteiger partial charge in [0, 0.05) is 28.5 Å². The Bertz CT molecular complexity index is 2140. The number of hydrogen-bond acceptors (Lipinski definition) is 8. The Morgan fingerprint density at radius 2 is 1.73 bits per heavy atom. The Labute approximate surface area is 283 Å². The molecule has 3 aliphatic heterocycles. The number of aromatic nitrogens is 2. The molecule has 0 aliphatic carbocycles. The third-order valence-electron chi connectivity index (χ3n) is 9.96. The molecule has 0 saturated heterocycles. The van der Waals surface area contributed by atoms with E-state index < -0.39 is 40.6 Å². The van der Waals surface area contributed by atoms with E-state index in [1.165, 1.54) is 0 Å². The summed E-state index contributed by atoms with van der Waals surface area (Å²) < 4.78 is 13.3. The van der Waals surface area contributed by atoms with Crippen molar-refractivity contribution in [2.75, 3.05) is 0 Å². The van der Waals surface area contributed by atoms with E-state index in [2.05, 4.69) is 5.32 Å². The summed E-state index contributed by atoms with van der Waals surface area (Å²) in [5.41, 5.74) is -0.259. The molecule has 2 atom stereocenters. The fourth-order valence-electron chi connectivity index (χ4n) is 7.37. The van der Waals surface area contributed by atoms with Gasteiger partial charge in [-0.1, -0.05) is 61.5 Å². The number of carbonyl (C=O) groups excluding carboxylic acids is 3. The van der Waals surface area contributed by atoms with E-state index in [0.717, 1.165) is 27.1 Å². The molecule has 0 saturated carbocycles. The Morgan fingerprint density at radius 1 is 1.02 bits per heavy atom. The topological polar surface area (TPSA) is 140 Å². The Morgan fingerprint density at radius 3 is 2.43 bits per heavy atom. The highest BCUT2D eigenvalue weighted by atomic mass is 16.6. The normalized spacial score (nSPS) is 20.9. The first kappa shape index (κ1) is 32.4. The van der Waals surface area contributed by atoms with Crippen LogP contribution in [0.4, 0.5) is 0 Å². The van der Waals surface area contributed by atoms with Gasteiger partial charge in [0.05, 0.1) is 40.1 Å². The number of rotatable bonds is 7. The van der Waals surface area contributed by atoms with Crippen LogP contribution in [0, 0.1) is 0 Å². The molecule has 0 spiro atoms. The van der Waals surface area contributed by atoms with Gasteiger partial charge in [0.25, 0.3) is 5.56 Å². The Balaban J connectivity index is 1.28. The standard InChI is InChI=1S/C38H37N4O7/c1-6-38(49-34(45)29(16-22-12-8-7-9-13-22)40-32(43)27-19-36(2,3)42(47)37(27,4)5)26-18-30-31-24(17-23-14-10-11-15-28(23)39-31)20-41(30)33(44)25(26)21-48-35(38)46/h7-15,17-19,29H,6,16,20-21H2,1-5H3,(H,40,43)/t29-,38-/m0/s1. The van der Waals surface area contributed by atoms with E-state index in [0.29, 0.717) is 17.9 Å². The summed E-state index contributed by atoms with van der Waals surface area (Å²) in [6.45, 7) is 8.44. The first-order valence-corrected chi connectivity index (χ1v) is 16.4. The van der Waals surface area contributed by atoms with Crippen LogP contribution >= 0.6 is 0 Å². The van der Waals surface area contributed by atoms with Gasteiger partial charge in [-0.2, -0.15) is 0 Å². The zero-order valence-electron chi connectivity index (χ0n) is 28.0. The Kier molecular flexibility index (Phi) is 7.60. The highest BCUT2D eigenvalue weighted by Crippen LogP contribution is 2.42. The summed E-state index contributed by atoms with van der Waals surface area (Å²) in [5, 5.41) is 17.6. The van der Waals surface area contributed by atoms with Crippen LogP contribution < -0.4 is 10.9 Å². The van der Waals surface area contributed by atoms with Crippen LogP contribution in [0.2, 0.25) is 0 Å². The third-order valence-corrected chi connectivity index (χ3v) is 9.96. The van der Waals surface area contributed by atoms with E-state index in [9.17, 15) is 24.4 Å². The zero-order valence-corrected chi connectivity index (χ0v) is 28.0. The van der Waals surface area contributed by atoms with Crippen molar-refractivity contribution in [3.8, 4) is 11.4 Å². The zero-order chi connectivity index (χ0) is 34.9. The summed E-state index contributed by atoms with van der Waals surface area (Å²) in [4.78, 5) is 60.6. The first-order valence-electron chi connectivity index (χ1n) is 16.4. The van der Waals surface area contributed by atoms with Crippen LogP contribution in [-0.4, -0.2) is 49.6 Å². The van der Waals surface area contributed by atoms with Crippen molar-refractivity contribution in [2.24, 2.45) is 0 Å². The average Bonchev–Trinajstić information content (AvgIpc) is 3.52. The van der Waals surface area contributed by atoms with Crippen LogP contribution in [0.15, 0.2) is 83.2 Å². The maximum Gasteiger partial charge on any atom is 0.355 e. The molecule has 1 radical (unpaired) electrons. The monoisotopic (exact) mass is 661 g/mol. The van der Waals surface area contributed by atoms with Crippen molar-refractivity contribution in [1.82, 2.24) is 19.9 Å². The first-order chi connectivity index (χ1) is 23.3. The van der Waals surface area contributed by atoms with Gasteiger partial charge < -0.3 is 19.4 Å². The van der Waals surface area contributed by atoms with Crippen LogP contribution in [0.1, 0.15) is 63.3 Å². The van der Waals surface area contributed by atoms with E-state index in [-0.39, 0.29) is 41.7 Å². The number of nitrogens with zero attached hydrogens (tertiary/aromatic N) is 3. The molecule has 0 unspecified atom stereocenters. The molecule has 2 aromatic heterocycles. The average molecular weight is 662 g/mol. The second-order valence-corrected chi connectivity index (χ2v) is 14.0. The molecule has 3 aliphatic rings. The highest BCUT2D eigenvalue weighted by molar-refractivity contribution is 5.99. The fraction of sp³-hybridized carbons (Fsp3) is 0.342.